The third-order valence-corrected chi connectivity index (χ3v) is 4.17. The summed E-state index contributed by atoms with van der Waals surface area (Å²) < 4.78 is 5.55. The van der Waals surface area contributed by atoms with Gasteiger partial charge in [0.05, 0.1) is 5.60 Å². The minimum absolute atomic E-state index is 0.107. The summed E-state index contributed by atoms with van der Waals surface area (Å²) in [6, 6.07) is 4.25. The van der Waals surface area contributed by atoms with E-state index < -0.39 is 0 Å². The molecule has 4 nitrogen and oxygen atoms in total. The van der Waals surface area contributed by atoms with Crippen LogP contribution >= 0.6 is 11.3 Å². The van der Waals surface area contributed by atoms with Crippen LogP contribution in [-0.2, 0) is 16.1 Å². The highest BCUT2D eigenvalue weighted by Crippen LogP contribution is 2.14. The average molecular weight is 296 g/mol. The molecule has 0 saturated carbocycles. The molecular weight excluding hydrogens is 272 g/mol. The highest BCUT2D eigenvalue weighted by atomic mass is 32.1. The molecule has 1 aliphatic heterocycles. The van der Waals surface area contributed by atoms with Gasteiger partial charge in [0, 0.05) is 37.6 Å². The molecule has 1 fully saturated rings. The van der Waals surface area contributed by atoms with E-state index in [9.17, 15) is 4.79 Å². The third-order valence-electron chi connectivity index (χ3n) is 3.31. The van der Waals surface area contributed by atoms with Crippen LogP contribution in [0.1, 0.15) is 25.6 Å². The maximum Gasteiger partial charge on any atom is 0.248 e. The Hall–Kier alpha value is -0.910. The van der Waals surface area contributed by atoms with Gasteiger partial charge in [-0.2, -0.15) is 0 Å². The van der Waals surface area contributed by atoms with E-state index in [0.29, 0.717) is 0 Å². The first kappa shape index (κ1) is 15.5. The number of piperazine rings is 1. The van der Waals surface area contributed by atoms with Crippen molar-refractivity contribution in [3.8, 4) is 0 Å². The summed E-state index contributed by atoms with van der Waals surface area (Å²) in [5.41, 5.74) is -0.253. The van der Waals surface area contributed by atoms with Crippen LogP contribution in [0.3, 0.4) is 0 Å². The summed E-state index contributed by atoms with van der Waals surface area (Å²) in [6.07, 6.45) is 0. The Morgan fingerprint density at radius 3 is 2.55 bits per heavy atom. The van der Waals surface area contributed by atoms with Crippen molar-refractivity contribution in [1.82, 2.24) is 9.80 Å². The second-order valence-electron chi connectivity index (χ2n) is 6.14. The molecule has 0 aromatic carbocycles. The molecular formula is C15H24N2O2S. The molecule has 1 aromatic heterocycles. The Morgan fingerprint density at radius 1 is 1.30 bits per heavy atom. The van der Waals surface area contributed by atoms with Gasteiger partial charge in [-0.3, -0.25) is 9.69 Å². The minimum atomic E-state index is -0.253. The molecule has 1 aliphatic rings. The lowest BCUT2D eigenvalue weighted by Crippen LogP contribution is -2.49. The standard InChI is InChI=1S/C15H24N2O2S/c1-15(2,3)19-12-14(18)17-8-6-16(7-9-17)11-13-5-4-10-20-13/h4-5,10H,6-9,11-12H2,1-3H3. The van der Waals surface area contributed by atoms with Crippen LogP contribution in [0.2, 0.25) is 0 Å². The largest absolute Gasteiger partial charge is 0.366 e. The molecule has 5 heteroatoms. The summed E-state index contributed by atoms with van der Waals surface area (Å²) in [5.74, 6) is 0.107. The predicted octanol–water partition coefficient (Wildman–Crippen LogP) is 2.21. The third kappa shape index (κ3) is 4.89. The lowest BCUT2D eigenvalue weighted by molar-refractivity contribution is -0.142. The monoisotopic (exact) mass is 296 g/mol. The van der Waals surface area contributed by atoms with E-state index in [1.54, 1.807) is 11.3 Å². The summed E-state index contributed by atoms with van der Waals surface area (Å²) >= 11 is 1.79. The maximum atomic E-state index is 12.1. The van der Waals surface area contributed by atoms with E-state index in [2.05, 4.69) is 22.4 Å². The van der Waals surface area contributed by atoms with Gasteiger partial charge in [0.15, 0.2) is 0 Å². The van der Waals surface area contributed by atoms with Crippen LogP contribution in [0.25, 0.3) is 0 Å². The predicted molar refractivity (Wildman–Crippen MR) is 81.9 cm³/mol. The second kappa shape index (κ2) is 6.70. The van der Waals surface area contributed by atoms with Gasteiger partial charge < -0.3 is 9.64 Å². The van der Waals surface area contributed by atoms with Crippen molar-refractivity contribution >= 4 is 17.2 Å². The number of hydrogen-bond acceptors (Lipinski definition) is 4. The molecule has 2 rings (SSSR count). The van der Waals surface area contributed by atoms with Crippen LogP contribution in [0.4, 0.5) is 0 Å². The Kier molecular flexibility index (Phi) is 5.18. The van der Waals surface area contributed by atoms with Gasteiger partial charge in [-0.25, -0.2) is 0 Å². The first-order chi connectivity index (χ1) is 9.44. The summed E-state index contributed by atoms with van der Waals surface area (Å²) in [5, 5.41) is 2.11. The summed E-state index contributed by atoms with van der Waals surface area (Å²) in [7, 11) is 0. The molecule has 0 radical (unpaired) electrons. The van der Waals surface area contributed by atoms with E-state index in [-0.39, 0.29) is 18.1 Å². The van der Waals surface area contributed by atoms with Crippen LogP contribution in [0.5, 0.6) is 0 Å². The highest BCUT2D eigenvalue weighted by molar-refractivity contribution is 7.09. The number of hydrogen-bond donors (Lipinski definition) is 0. The van der Waals surface area contributed by atoms with Gasteiger partial charge in [-0.1, -0.05) is 6.07 Å². The SMILES string of the molecule is CC(C)(C)OCC(=O)N1CCN(Cc2cccs2)CC1. The van der Waals surface area contributed by atoms with Gasteiger partial charge in [0.25, 0.3) is 0 Å². The lowest BCUT2D eigenvalue weighted by Gasteiger charge is -2.35. The second-order valence-corrected chi connectivity index (χ2v) is 7.17. The van der Waals surface area contributed by atoms with Crippen molar-refractivity contribution in [3.63, 3.8) is 0 Å². The van der Waals surface area contributed by atoms with Crippen molar-refractivity contribution in [3.05, 3.63) is 22.4 Å². The van der Waals surface area contributed by atoms with Gasteiger partial charge in [-0.05, 0) is 32.2 Å². The molecule has 0 N–H and O–H groups in total. The van der Waals surface area contributed by atoms with E-state index in [4.69, 9.17) is 4.74 Å². The molecule has 1 saturated heterocycles. The number of nitrogens with zero attached hydrogens (tertiary/aromatic N) is 2. The fraction of sp³-hybridized carbons (Fsp3) is 0.667. The van der Waals surface area contributed by atoms with Crippen molar-refractivity contribution in [2.75, 3.05) is 32.8 Å². The average Bonchev–Trinajstić information content (AvgIpc) is 2.89. The quantitative estimate of drug-likeness (QED) is 0.854. The highest BCUT2D eigenvalue weighted by Gasteiger charge is 2.22. The number of carbonyl (C=O) groups excluding carboxylic acids is 1. The summed E-state index contributed by atoms with van der Waals surface area (Å²) in [4.78, 5) is 17.8. The van der Waals surface area contributed by atoms with Crippen molar-refractivity contribution in [2.24, 2.45) is 0 Å². The zero-order chi connectivity index (χ0) is 14.6. The van der Waals surface area contributed by atoms with Crippen molar-refractivity contribution in [2.45, 2.75) is 32.9 Å². The fourth-order valence-electron chi connectivity index (χ4n) is 2.15. The Bertz CT molecular complexity index is 418. The number of thiophene rings is 1. The van der Waals surface area contributed by atoms with Gasteiger partial charge in [0.2, 0.25) is 5.91 Å². The van der Waals surface area contributed by atoms with Crippen molar-refractivity contribution < 1.29 is 9.53 Å². The number of ether oxygens (including phenoxy) is 1. The fourth-order valence-corrected chi connectivity index (χ4v) is 2.89. The first-order valence-corrected chi connectivity index (χ1v) is 7.98. The van der Waals surface area contributed by atoms with Crippen LogP contribution in [0, 0.1) is 0 Å². The van der Waals surface area contributed by atoms with E-state index in [1.807, 2.05) is 25.7 Å². The topological polar surface area (TPSA) is 32.8 Å². The molecule has 1 amide bonds. The van der Waals surface area contributed by atoms with E-state index in [1.165, 1.54) is 4.88 Å². The van der Waals surface area contributed by atoms with E-state index in [0.717, 1.165) is 32.7 Å². The van der Waals surface area contributed by atoms with Crippen LogP contribution in [0.15, 0.2) is 17.5 Å². The Morgan fingerprint density at radius 2 is 2.00 bits per heavy atom. The maximum absolute atomic E-state index is 12.1. The minimum Gasteiger partial charge on any atom is -0.366 e. The zero-order valence-corrected chi connectivity index (χ0v) is 13.4. The Labute approximate surface area is 125 Å². The van der Waals surface area contributed by atoms with Crippen molar-refractivity contribution in [1.29, 1.82) is 0 Å². The smallest absolute Gasteiger partial charge is 0.248 e. The number of carbonyl (C=O) groups is 1. The first-order valence-electron chi connectivity index (χ1n) is 7.10. The molecule has 2 heterocycles. The van der Waals surface area contributed by atoms with Gasteiger partial charge in [0.1, 0.15) is 6.61 Å². The van der Waals surface area contributed by atoms with Gasteiger partial charge in [-0.15, -0.1) is 11.3 Å². The van der Waals surface area contributed by atoms with Gasteiger partial charge >= 0.3 is 0 Å². The lowest BCUT2D eigenvalue weighted by atomic mass is 10.2. The van der Waals surface area contributed by atoms with Crippen LogP contribution in [-0.4, -0.2) is 54.1 Å². The molecule has 0 atom stereocenters. The summed E-state index contributed by atoms with van der Waals surface area (Å²) in [6.45, 7) is 10.6. The molecule has 1 aromatic rings. The molecule has 0 spiro atoms. The zero-order valence-electron chi connectivity index (χ0n) is 12.6. The molecule has 20 heavy (non-hydrogen) atoms. The molecule has 0 unspecified atom stereocenters. The molecule has 0 bridgehead atoms. The normalized spacial score (nSPS) is 17.4. The number of amides is 1. The Balaban J connectivity index is 1.72. The molecule has 112 valence electrons. The molecule has 0 aliphatic carbocycles. The van der Waals surface area contributed by atoms with Crippen LogP contribution < -0.4 is 0 Å². The van der Waals surface area contributed by atoms with E-state index >= 15 is 0 Å². The number of rotatable bonds is 4.